The summed E-state index contributed by atoms with van der Waals surface area (Å²) in [5.74, 6) is 1.62. The van der Waals surface area contributed by atoms with E-state index in [9.17, 15) is 4.79 Å². The molecule has 0 N–H and O–H groups in total. The molecule has 0 bridgehead atoms. The summed E-state index contributed by atoms with van der Waals surface area (Å²) >= 11 is 0. The molecule has 1 saturated carbocycles. The van der Waals surface area contributed by atoms with E-state index in [2.05, 4.69) is 20.8 Å². The third-order valence-electron chi connectivity index (χ3n) is 4.71. The molecule has 0 aromatic carbocycles. The third-order valence-corrected chi connectivity index (χ3v) is 4.71. The Morgan fingerprint density at radius 3 is 2.81 bits per heavy atom. The Bertz CT molecular complexity index is 484. The number of rotatable bonds is 4. The molecule has 0 saturated heterocycles. The van der Waals surface area contributed by atoms with Gasteiger partial charge in [0, 0.05) is 19.1 Å². The van der Waals surface area contributed by atoms with Crippen molar-refractivity contribution < 1.29 is 14.1 Å². The minimum Gasteiger partial charge on any atom is -0.457 e. The van der Waals surface area contributed by atoms with Crippen molar-refractivity contribution >= 4 is 5.97 Å². The first-order chi connectivity index (χ1) is 9.97. The van der Waals surface area contributed by atoms with Crippen LogP contribution in [0, 0.1) is 24.7 Å². The Morgan fingerprint density at radius 1 is 1.38 bits per heavy atom. The average molecular weight is 290 g/mol. The van der Waals surface area contributed by atoms with E-state index in [0.717, 1.165) is 12.1 Å². The first-order valence-electron chi connectivity index (χ1n) is 8.12. The van der Waals surface area contributed by atoms with Gasteiger partial charge in [-0.2, -0.15) is 4.57 Å². The van der Waals surface area contributed by atoms with E-state index in [-0.39, 0.29) is 12.1 Å². The Hall–Kier alpha value is -1.38. The maximum absolute atomic E-state index is 12.3. The van der Waals surface area contributed by atoms with Crippen LogP contribution in [0.4, 0.5) is 0 Å². The second kappa shape index (κ2) is 7.06. The van der Waals surface area contributed by atoms with Crippen molar-refractivity contribution in [1.29, 1.82) is 0 Å². The van der Waals surface area contributed by atoms with E-state index in [4.69, 9.17) is 4.74 Å². The molecule has 1 aliphatic rings. The summed E-state index contributed by atoms with van der Waals surface area (Å²) in [4.78, 5) is 12.3. The number of hydrogen-bond donors (Lipinski definition) is 0. The molecule has 0 aliphatic heterocycles. The van der Waals surface area contributed by atoms with Crippen molar-refractivity contribution in [3.63, 3.8) is 0 Å². The molecule has 1 heterocycles. The highest BCUT2D eigenvalue weighted by molar-refractivity contribution is 5.67. The second-order valence-electron chi connectivity index (χ2n) is 6.82. The van der Waals surface area contributed by atoms with Gasteiger partial charge in [-0.1, -0.05) is 33.3 Å². The van der Waals surface area contributed by atoms with Gasteiger partial charge >= 0.3 is 5.97 Å². The highest BCUT2D eigenvalue weighted by Gasteiger charge is 2.33. The van der Waals surface area contributed by atoms with Gasteiger partial charge in [-0.05, 0) is 30.6 Å². The molecule has 0 radical (unpaired) electrons. The first kappa shape index (κ1) is 16.0. The SMILES string of the molecule is Cc1cccc[n+]1CC(=O)OC1CC(C)CCC1C(C)C. The Labute approximate surface area is 128 Å². The van der Waals surface area contributed by atoms with Crippen molar-refractivity contribution in [2.24, 2.45) is 17.8 Å². The lowest BCUT2D eigenvalue weighted by molar-refractivity contribution is -0.692. The van der Waals surface area contributed by atoms with Gasteiger partial charge in [0.2, 0.25) is 6.54 Å². The standard InChI is InChI=1S/C18H28NO2/c1-13(2)16-9-8-14(3)11-17(16)21-18(20)12-19-10-6-5-7-15(19)4/h5-7,10,13-14,16-17H,8-9,11-12H2,1-4H3/q+1. The highest BCUT2D eigenvalue weighted by atomic mass is 16.5. The van der Waals surface area contributed by atoms with Gasteiger partial charge in [0.25, 0.3) is 0 Å². The summed E-state index contributed by atoms with van der Waals surface area (Å²) in [7, 11) is 0. The molecule has 3 atom stereocenters. The Morgan fingerprint density at radius 2 is 2.14 bits per heavy atom. The molecule has 3 heteroatoms. The molecule has 1 fully saturated rings. The zero-order chi connectivity index (χ0) is 15.4. The lowest BCUT2D eigenvalue weighted by atomic mass is 9.75. The van der Waals surface area contributed by atoms with Crippen LogP contribution in [0.3, 0.4) is 0 Å². The van der Waals surface area contributed by atoms with E-state index < -0.39 is 0 Å². The zero-order valence-corrected chi connectivity index (χ0v) is 13.7. The fourth-order valence-corrected chi connectivity index (χ4v) is 3.33. The molecule has 1 aromatic heterocycles. The molecule has 3 unspecified atom stereocenters. The molecule has 116 valence electrons. The monoisotopic (exact) mass is 290 g/mol. The van der Waals surface area contributed by atoms with Crippen LogP contribution in [0.5, 0.6) is 0 Å². The average Bonchev–Trinajstić information content (AvgIpc) is 2.41. The van der Waals surface area contributed by atoms with Gasteiger partial charge in [-0.3, -0.25) is 0 Å². The predicted molar refractivity (Wildman–Crippen MR) is 82.6 cm³/mol. The number of hydrogen-bond acceptors (Lipinski definition) is 2. The van der Waals surface area contributed by atoms with E-state index in [1.165, 1.54) is 12.8 Å². The maximum atomic E-state index is 12.3. The summed E-state index contributed by atoms with van der Waals surface area (Å²) in [6.45, 7) is 9.04. The molecular formula is C18H28NO2+. The molecule has 0 spiro atoms. The minimum absolute atomic E-state index is 0.0888. The van der Waals surface area contributed by atoms with Gasteiger partial charge in [0.1, 0.15) is 6.10 Å². The highest BCUT2D eigenvalue weighted by Crippen LogP contribution is 2.35. The van der Waals surface area contributed by atoms with E-state index in [1.54, 1.807) is 0 Å². The lowest BCUT2D eigenvalue weighted by Crippen LogP contribution is -2.43. The quantitative estimate of drug-likeness (QED) is 0.629. The molecule has 0 amide bonds. The molecule has 1 aliphatic carbocycles. The Kier molecular flexibility index (Phi) is 5.38. The number of nitrogens with zero attached hydrogens (tertiary/aromatic N) is 1. The lowest BCUT2D eigenvalue weighted by Gasteiger charge is -2.36. The largest absolute Gasteiger partial charge is 0.457 e. The van der Waals surface area contributed by atoms with Gasteiger partial charge in [-0.15, -0.1) is 0 Å². The van der Waals surface area contributed by atoms with Crippen LogP contribution >= 0.6 is 0 Å². The van der Waals surface area contributed by atoms with Crippen molar-refractivity contribution in [1.82, 2.24) is 0 Å². The topological polar surface area (TPSA) is 30.2 Å². The Balaban J connectivity index is 1.98. The fraction of sp³-hybridized carbons (Fsp3) is 0.667. The number of aromatic nitrogens is 1. The van der Waals surface area contributed by atoms with Crippen molar-refractivity contribution in [3.8, 4) is 0 Å². The van der Waals surface area contributed by atoms with Gasteiger partial charge in [0.15, 0.2) is 11.9 Å². The van der Waals surface area contributed by atoms with E-state index in [1.807, 2.05) is 35.9 Å². The van der Waals surface area contributed by atoms with Crippen LogP contribution in [0.1, 0.15) is 45.7 Å². The number of ether oxygens (including phenoxy) is 1. The maximum Gasteiger partial charge on any atom is 0.372 e. The van der Waals surface area contributed by atoms with E-state index >= 15 is 0 Å². The zero-order valence-electron chi connectivity index (χ0n) is 13.7. The number of esters is 1. The van der Waals surface area contributed by atoms with Crippen LogP contribution < -0.4 is 4.57 Å². The third kappa shape index (κ3) is 4.29. The van der Waals surface area contributed by atoms with Gasteiger partial charge in [-0.25, -0.2) is 4.79 Å². The summed E-state index contributed by atoms with van der Waals surface area (Å²) < 4.78 is 7.78. The summed E-state index contributed by atoms with van der Waals surface area (Å²) in [5, 5.41) is 0. The van der Waals surface area contributed by atoms with Gasteiger partial charge in [0.05, 0.1) is 0 Å². The molecule has 3 nitrogen and oxygen atoms in total. The van der Waals surface area contributed by atoms with Crippen LogP contribution in [0.15, 0.2) is 24.4 Å². The summed E-state index contributed by atoms with van der Waals surface area (Å²) in [5.41, 5.74) is 1.08. The number of pyridine rings is 1. The van der Waals surface area contributed by atoms with Crippen molar-refractivity contribution in [2.45, 2.75) is 59.6 Å². The second-order valence-corrected chi connectivity index (χ2v) is 6.82. The molecule has 21 heavy (non-hydrogen) atoms. The first-order valence-corrected chi connectivity index (χ1v) is 8.12. The van der Waals surface area contributed by atoms with Crippen LogP contribution in [0.2, 0.25) is 0 Å². The number of aryl methyl sites for hydroxylation is 1. The molecule has 2 rings (SSSR count). The molecular weight excluding hydrogens is 262 g/mol. The van der Waals surface area contributed by atoms with Crippen molar-refractivity contribution in [2.75, 3.05) is 0 Å². The van der Waals surface area contributed by atoms with Gasteiger partial charge < -0.3 is 4.74 Å². The number of carbonyl (C=O) groups is 1. The summed E-state index contributed by atoms with van der Waals surface area (Å²) in [6.07, 6.45) is 5.45. The van der Waals surface area contributed by atoms with Crippen LogP contribution in [-0.2, 0) is 16.1 Å². The summed E-state index contributed by atoms with van der Waals surface area (Å²) in [6, 6.07) is 5.93. The van der Waals surface area contributed by atoms with Crippen molar-refractivity contribution in [3.05, 3.63) is 30.1 Å². The molecule has 1 aromatic rings. The normalized spacial score (nSPS) is 25.9. The smallest absolute Gasteiger partial charge is 0.372 e. The minimum atomic E-state index is -0.112. The van der Waals surface area contributed by atoms with Crippen LogP contribution in [-0.4, -0.2) is 12.1 Å². The van der Waals surface area contributed by atoms with E-state index in [0.29, 0.717) is 24.3 Å². The fourth-order valence-electron chi connectivity index (χ4n) is 3.33. The predicted octanol–water partition coefficient (Wildman–Crippen LogP) is 3.29. The van der Waals surface area contributed by atoms with Crippen LogP contribution in [0.25, 0.3) is 0 Å². The number of carbonyl (C=O) groups excluding carboxylic acids is 1.